The van der Waals surface area contributed by atoms with Crippen LogP contribution in [0.4, 0.5) is 0 Å². The predicted octanol–water partition coefficient (Wildman–Crippen LogP) is 3.07. The zero-order chi connectivity index (χ0) is 17.8. The average molecular weight is 329 g/mol. The number of ether oxygens (including phenoxy) is 4. The van der Waals surface area contributed by atoms with E-state index < -0.39 is 0 Å². The molecule has 2 N–H and O–H groups in total. The molecule has 0 aliphatic rings. The topological polar surface area (TPSA) is 62.9 Å². The van der Waals surface area contributed by atoms with Crippen molar-refractivity contribution in [2.75, 3.05) is 52.8 Å². The monoisotopic (exact) mass is 329 g/mol. The highest BCUT2D eigenvalue weighted by Gasteiger charge is 1.94. The Morgan fingerprint density at radius 2 is 1.30 bits per heavy atom. The molecule has 0 bridgehead atoms. The molecule has 0 saturated heterocycles. The first-order valence-electron chi connectivity index (χ1n) is 8.24. The summed E-state index contributed by atoms with van der Waals surface area (Å²) in [7, 11) is 0. The Hall–Kier alpha value is -1.14. The number of allylic oxidation sites excluding steroid dienone is 4. The smallest absolute Gasteiger partial charge is 0.118 e. The van der Waals surface area contributed by atoms with Gasteiger partial charge in [-0.15, -0.1) is 0 Å². The van der Waals surface area contributed by atoms with E-state index >= 15 is 0 Å². The van der Waals surface area contributed by atoms with Crippen LogP contribution in [0, 0.1) is 0 Å². The number of hydrogen-bond donors (Lipinski definition) is 1. The molecule has 0 aromatic heterocycles. The molecule has 0 spiro atoms. The molecule has 0 unspecified atom stereocenters. The number of hydrogen-bond acceptors (Lipinski definition) is 5. The fourth-order valence-corrected chi connectivity index (χ4v) is 1.27. The number of rotatable bonds is 14. The molecule has 0 fully saturated rings. The van der Waals surface area contributed by atoms with Crippen molar-refractivity contribution in [1.82, 2.24) is 0 Å². The molecule has 23 heavy (non-hydrogen) atoms. The second-order valence-electron chi connectivity index (χ2n) is 4.49. The second-order valence-corrected chi connectivity index (χ2v) is 4.49. The summed E-state index contributed by atoms with van der Waals surface area (Å²) in [6.45, 7) is 16.1. The van der Waals surface area contributed by atoms with E-state index in [9.17, 15) is 0 Å². The normalized spacial score (nSPS) is 10.6. The van der Waals surface area contributed by atoms with Crippen LogP contribution in [0.25, 0.3) is 0 Å². The van der Waals surface area contributed by atoms with Crippen molar-refractivity contribution in [2.45, 2.75) is 27.7 Å². The molecule has 0 aromatic carbocycles. The summed E-state index contributed by atoms with van der Waals surface area (Å²) in [6, 6.07) is 0. The van der Waals surface area contributed by atoms with Crippen molar-refractivity contribution >= 4 is 0 Å². The molecule has 0 atom stereocenters. The van der Waals surface area contributed by atoms with Gasteiger partial charge in [-0.1, -0.05) is 32.1 Å². The Morgan fingerprint density at radius 1 is 0.826 bits per heavy atom. The van der Waals surface area contributed by atoms with E-state index in [4.69, 9.17) is 24.7 Å². The van der Waals surface area contributed by atoms with Crippen molar-refractivity contribution in [1.29, 1.82) is 0 Å². The molecule has 136 valence electrons. The fourth-order valence-electron chi connectivity index (χ4n) is 1.27. The average Bonchev–Trinajstić information content (AvgIpc) is 2.57. The van der Waals surface area contributed by atoms with Gasteiger partial charge in [0.1, 0.15) is 12.4 Å². The highest BCUT2D eigenvalue weighted by atomic mass is 16.6. The summed E-state index contributed by atoms with van der Waals surface area (Å²) >= 11 is 0. The first-order valence-corrected chi connectivity index (χ1v) is 8.24. The zero-order valence-corrected chi connectivity index (χ0v) is 15.3. The largest absolute Gasteiger partial charge is 0.491 e. The Kier molecular flexibility index (Phi) is 21.9. The maximum absolute atomic E-state index is 5.51. The van der Waals surface area contributed by atoms with Crippen LogP contribution in [0.5, 0.6) is 0 Å². The predicted molar refractivity (Wildman–Crippen MR) is 96.5 cm³/mol. The van der Waals surface area contributed by atoms with Crippen LogP contribution < -0.4 is 5.73 Å². The Morgan fingerprint density at radius 3 is 1.74 bits per heavy atom. The molecule has 0 aromatic rings. The van der Waals surface area contributed by atoms with Gasteiger partial charge in [0.05, 0.1) is 39.6 Å². The van der Waals surface area contributed by atoms with Crippen LogP contribution in [0.1, 0.15) is 27.7 Å². The van der Waals surface area contributed by atoms with E-state index in [0.717, 1.165) is 5.76 Å². The van der Waals surface area contributed by atoms with Gasteiger partial charge in [0.2, 0.25) is 0 Å². The van der Waals surface area contributed by atoms with Crippen LogP contribution in [0.2, 0.25) is 0 Å². The molecule has 0 aliphatic heterocycles. The Labute approximate surface area is 142 Å². The minimum absolute atomic E-state index is 0.494. The summed E-state index contributed by atoms with van der Waals surface area (Å²) in [5, 5.41) is 0. The molecule has 0 aliphatic carbocycles. The quantitative estimate of drug-likeness (QED) is 0.301. The van der Waals surface area contributed by atoms with Gasteiger partial charge in [-0.05, 0) is 26.0 Å². The molecule has 0 saturated carbocycles. The van der Waals surface area contributed by atoms with Gasteiger partial charge >= 0.3 is 0 Å². The first-order chi connectivity index (χ1) is 11.2. The van der Waals surface area contributed by atoms with E-state index in [2.05, 4.69) is 6.58 Å². The highest BCUT2D eigenvalue weighted by Crippen LogP contribution is 2.01. The maximum Gasteiger partial charge on any atom is 0.118 e. The molecule has 0 heterocycles. The lowest BCUT2D eigenvalue weighted by Crippen LogP contribution is -2.14. The van der Waals surface area contributed by atoms with Crippen LogP contribution >= 0.6 is 0 Å². The first kappa shape index (κ1) is 24.1. The standard InChI is InChI=1S/C16H29NO4.C2H6/c1-4-16(6-5-15(2)3)21-14-13-20-12-11-19-10-9-18-8-7-17;1-2/h4-6H,1,7-14,17H2,2-3H3;1-2H3/b16-6+;. The SMILES string of the molecule is C=C/C(=C\C=C(C)C)OCCOCCOCCOCCN.CC. The summed E-state index contributed by atoms with van der Waals surface area (Å²) in [5.41, 5.74) is 6.50. The maximum atomic E-state index is 5.51. The highest BCUT2D eigenvalue weighted by molar-refractivity contribution is 5.18. The summed E-state index contributed by atoms with van der Waals surface area (Å²) in [6.07, 6.45) is 5.56. The number of nitrogens with two attached hydrogens (primary N) is 1. The van der Waals surface area contributed by atoms with Crippen molar-refractivity contribution in [3.05, 3.63) is 36.1 Å². The molecule has 5 heteroatoms. The van der Waals surface area contributed by atoms with Gasteiger partial charge in [0.15, 0.2) is 0 Å². The fraction of sp³-hybridized carbons (Fsp3) is 0.667. The molecular formula is C18H35NO4. The van der Waals surface area contributed by atoms with Crippen molar-refractivity contribution < 1.29 is 18.9 Å². The minimum atomic E-state index is 0.494. The lowest BCUT2D eigenvalue weighted by molar-refractivity contribution is 0.00649. The summed E-state index contributed by atoms with van der Waals surface area (Å²) in [4.78, 5) is 0. The minimum Gasteiger partial charge on any atom is -0.491 e. The second kappa shape index (κ2) is 20.9. The van der Waals surface area contributed by atoms with Gasteiger partial charge in [-0.25, -0.2) is 0 Å². The van der Waals surface area contributed by atoms with Gasteiger partial charge in [0.25, 0.3) is 0 Å². The Balaban J connectivity index is 0. The third kappa shape index (κ3) is 20.9. The molecule has 5 nitrogen and oxygen atoms in total. The van der Waals surface area contributed by atoms with Gasteiger partial charge in [0, 0.05) is 6.54 Å². The third-order valence-electron chi connectivity index (χ3n) is 2.28. The van der Waals surface area contributed by atoms with E-state index in [0.29, 0.717) is 52.8 Å². The van der Waals surface area contributed by atoms with E-state index in [1.54, 1.807) is 6.08 Å². The van der Waals surface area contributed by atoms with Crippen molar-refractivity contribution in [2.24, 2.45) is 5.73 Å². The zero-order valence-electron chi connectivity index (χ0n) is 15.3. The summed E-state index contributed by atoms with van der Waals surface area (Å²) in [5.74, 6) is 0.744. The van der Waals surface area contributed by atoms with Crippen molar-refractivity contribution in [3.8, 4) is 0 Å². The Bertz CT molecular complexity index is 310. The van der Waals surface area contributed by atoms with E-state index in [1.807, 2.05) is 39.8 Å². The van der Waals surface area contributed by atoms with Crippen LogP contribution in [0.15, 0.2) is 36.1 Å². The van der Waals surface area contributed by atoms with Gasteiger partial charge in [-0.3, -0.25) is 0 Å². The van der Waals surface area contributed by atoms with Crippen LogP contribution in [-0.2, 0) is 18.9 Å². The van der Waals surface area contributed by atoms with Crippen LogP contribution in [0.3, 0.4) is 0 Å². The van der Waals surface area contributed by atoms with Crippen LogP contribution in [-0.4, -0.2) is 52.8 Å². The van der Waals surface area contributed by atoms with Crippen molar-refractivity contribution in [3.63, 3.8) is 0 Å². The lowest BCUT2D eigenvalue weighted by atomic mass is 10.3. The van der Waals surface area contributed by atoms with Gasteiger partial charge in [-0.2, -0.15) is 0 Å². The van der Waals surface area contributed by atoms with Gasteiger partial charge < -0.3 is 24.7 Å². The third-order valence-corrected chi connectivity index (χ3v) is 2.28. The van der Waals surface area contributed by atoms with E-state index in [1.165, 1.54) is 5.57 Å². The van der Waals surface area contributed by atoms with E-state index in [-0.39, 0.29) is 0 Å². The molecular weight excluding hydrogens is 294 g/mol. The molecule has 0 radical (unpaired) electrons. The lowest BCUT2D eigenvalue weighted by Gasteiger charge is -2.08. The molecule has 0 amide bonds. The summed E-state index contributed by atoms with van der Waals surface area (Å²) < 4.78 is 21.4. The molecule has 0 rings (SSSR count).